The van der Waals surface area contributed by atoms with Gasteiger partial charge in [-0.2, -0.15) is 0 Å². The van der Waals surface area contributed by atoms with E-state index in [-0.39, 0.29) is 17.2 Å². The van der Waals surface area contributed by atoms with Crippen LogP contribution in [0.2, 0.25) is 0 Å². The number of aromatic nitrogens is 1. The molecule has 1 amide bonds. The summed E-state index contributed by atoms with van der Waals surface area (Å²) in [5, 5.41) is 0.708. The van der Waals surface area contributed by atoms with Crippen LogP contribution in [-0.4, -0.2) is 38.8 Å². The number of carbonyl (C=O) groups is 1. The maximum Gasteiger partial charge on any atom is 0.276 e. The van der Waals surface area contributed by atoms with Crippen molar-refractivity contribution in [3.63, 3.8) is 0 Å². The van der Waals surface area contributed by atoms with Gasteiger partial charge in [0.1, 0.15) is 4.88 Å². The first-order chi connectivity index (χ1) is 7.44. The Balaban J connectivity index is 2.64. The standard InChI is InChI=1S/C8H12N2O4S2/c1-6-9-5-7(15-6)8(11)10-16(12,13)4-3-14-2/h5H,3-4H2,1-2H3,(H,10,11). The Hall–Kier alpha value is -0.990. The Morgan fingerprint density at radius 2 is 2.31 bits per heavy atom. The van der Waals surface area contributed by atoms with Crippen LogP contribution in [0.25, 0.3) is 0 Å². The van der Waals surface area contributed by atoms with Gasteiger partial charge in [-0.15, -0.1) is 11.3 Å². The zero-order chi connectivity index (χ0) is 12.2. The van der Waals surface area contributed by atoms with Crippen LogP contribution in [0.4, 0.5) is 0 Å². The molecule has 0 fully saturated rings. The number of hydrogen-bond acceptors (Lipinski definition) is 6. The zero-order valence-electron chi connectivity index (χ0n) is 8.89. The van der Waals surface area contributed by atoms with Crippen LogP contribution >= 0.6 is 11.3 Å². The fourth-order valence-electron chi connectivity index (χ4n) is 0.902. The highest BCUT2D eigenvalue weighted by Gasteiger charge is 2.17. The Bertz CT molecular complexity index is 466. The summed E-state index contributed by atoms with van der Waals surface area (Å²) >= 11 is 1.14. The monoisotopic (exact) mass is 264 g/mol. The third-order valence-electron chi connectivity index (χ3n) is 1.65. The number of methoxy groups -OCH3 is 1. The van der Waals surface area contributed by atoms with Gasteiger partial charge in [0.15, 0.2) is 0 Å². The molecule has 0 unspecified atom stereocenters. The van der Waals surface area contributed by atoms with E-state index in [0.717, 1.165) is 11.3 Å². The lowest BCUT2D eigenvalue weighted by molar-refractivity contribution is 0.0985. The molecule has 0 radical (unpaired) electrons. The molecule has 0 saturated heterocycles. The van der Waals surface area contributed by atoms with Gasteiger partial charge in [-0.3, -0.25) is 4.79 Å². The molecule has 0 atom stereocenters. The molecule has 1 heterocycles. The maximum atomic E-state index is 11.5. The van der Waals surface area contributed by atoms with Crippen molar-refractivity contribution in [1.29, 1.82) is 0 Å². The van der Waals surface area contributed by atoms with E-state index in [1.54, 1.807) is 6.92 Å². The summed E-state index contributed by atoms with van der Waals surface area (Å²) in [5.41, 5.74) is 0. The number of carbonyl (C=O) groups excluding carboxylic acids is 1. The molecule has 1 aromatic rings. The van der Waals surface area contributed by atoms with Crippen molar-refractivity contribution in [2.45, 2.75) is 6.92 Å². The second-order valence-electron chi connectivity index (χ2n) is 2.99. The Morgan fingerprint density at radius 1 is 1.62 bits per heavy atom. The van der Waals surface area contributed by atoms with E-state index in [9.17, 15) is 13.2 Å². The molecule has 0 aromatic carbocycles. The van der Waals surface area contributed by atoms with Gasteiger partial charge < -0.3 is 4.74 Å². The number of nitrogens with one attached hydrogen (secondary N) is 1. The summed E-state index contributed by atoms with van der Waals surface area (Å²) in [6.45, 7) is 1.78. The number of thiazole rings is 1. The second-order valence-corrected chi connectivity index (χ2v) is 6.06. The fraction of sp³-hybridized carbons (Fsp3) is 0.500. The largest absolute Gasteiger partial charge is 0.384 e. The smallest absolute Gasteiger partial charge is 0.276 e. The van der Waals surface area contributed by atoms with Crippen LogP contribution < -0.4 is 4.72 Å². The van der Waals surface area contributed by atoms with Gasteiger partial charge >= 0.3 is 0 Å². The molecule has 1 N–H and O–H groups in total. The van der Waals surface area contributed by atoms with E-state index in [4.69, 9.17) is 0 Å². The normalized spacial score (nSPS) is 11.4. The van der Waals surface area contributed by atoms with Crippen molar-refractivity contribution >= 4 is 27.3 Å². The second kappa shape index (κ2) is 5.37. The van der Waals surface area contributed by atoms with E-state index in [1.165, 1.54) is 13.3 Å². The highest BCUT2D eigenvalue weighted by atomic mass is 32.2. The minimum Gasteiger partial charge on any atom is -0.384 e. The molecule has 0 aliphatic heterocycles. The number of amides is 1. The highest BCUT2D eigenvalue weighted by molar-refractivity contribution is 7.90. The number of ether oxygens (including phenoxy) is 1. The topological polar surface area (TPSA) is 85.4 Å². The minimum atomic E-state index is -3.63. The predicted molar refractivity (Wildman–Crippen MR) is 60.0 cm³/mol. The molecule has 0 aliphatic rings. The molecule has 90 valence electrons. The molecule has 0 saturated carbocycles. The van der Waals surface area contributed by atoms with Crippen molar-refractivity contribution in [1.82, 2.24) is 9.71 Å². The molecule has 1 rings (SSSR count). The van der Waals surface area contributed by atoms with Crippen LogP contribution in [0.15, 0.2) is 6.20 Å². The summed E-state index contributed by atoms with van der Waals surface area (Å²) < 4.78 is 29.3. The summed E-state index contributed by atoms with van der Waals surface area (Å²) in [5.74, 6) is -0.894. The molecular weight excluding hydrogens is 252 g/mol. The van der Waals surface area contributed by atoms with Crippen LogP contribution in [-0.2, 0) is 14.8 Å². The Labute approximate surface area is 97.7 Å². The van der Waals surface area contributed by atoms with Crippen molar-refractivity contribution in [2.75, 3.05) is 19.5 Å². The lowest BCUT2D eigenvalue weighted by Gasteiger charge is -2.04. The van der Waals surface area contributed by atoms with Crippen molar-refractivity contribution < 1.29 is 17.9 Å². The molecule has 16 heavy (non-hydrogen) atoms. The van der Waals surface area contributed by atoms with Gasteiger partial charge in [-0.1, -0.05) is 0 Å². The molecule has 0 spiro atoms. The summed E-state index contributed by atoms with van der Waals surface area (Å²) in [4.78, 5) is 15.6. The average molecular weight is 264 g/mol. The van der Waals surface area contributed by atoms with Crippen LogP contribution in [0, 0.1) is 6.92 Å². The van der Waals surface area contributed by atoms with E-state index < -0.39 is 15.9 Å². The number of nitrogens with zero attached hydrogens (tertiary/aromatic N) is 1. The van der Waals surface area contributed by atoms with E-state index >= 15 is 0 Å². The van der Waals surface area contributed by atoms with E-state index in [0.29, 0.717) is 5.01 Å². The van der Waals surface area contributed by atoms with E-state index in [2.05, 4.69) is 9.72 Å². The molecule has 8 heteroatoms. The highest BCUT2D eigenvalue weighted by Crippen LogP contribution is 2.11. The first kappa shape index (κ1) is 13.1. The van der Waals surface area contributed by atoms with E-state index in [1.807, 2.05) is 4.72 Å². The van der Waals surface area contributed by atoms with Crippen molar-refractivity contribution in [3.8, 4) is 0 Å². The SMILES string of the molecule is COCCS(=O)(=O)NC(=O)c1cnc(C)s1. The third-order valence-corrected chi connectivity index (χ3v) is 3.76. The average Bonchev–Trinajstić information content (AvgIpc) is 2.61. The molecule has 0 aliphatic carbocycles. The first-order valence-electron chi connectivity index (χ1n) is 4.41. The lowest BCUT2D eigenvalue weighted by Crippen LogP contribution is -2.33. The quantitative estimate of drug-likeness (QED) is 0.818. The Morgan fingerprint density at radius 3 is 2.81 bits per heavy atom. The minimum absolute atomic E-state index is 0.0460. The predicted octanol–water partition coefficient (Wildman–Crippen LogP) is 0.158. The fourth-order valence-corrected chi connectivity index (χ4v) is 2.52. The number of aryl methyl sites for hydroxylation is 1. The van der Waals surface area contributed by atoms with Gasteiger partial charge in [0.2, 0.25) is 10.0 Å². The number of sulfonamides is 1. The molecule has 0 bridgehead atoms. The number of rotatable bonds is 5. The first-order valence-corrected chi connectivity index (χ1v) is 6.87. The van der Waals surface area contributed by atoms with Gasteiger partial charge in [-0.25, -0.2) is 18.1 Å². The molecule has 1 aromatic heterocycles. The third kappa shape index (κ3) is 3.87. The van der Waals surface area contributed by atoms with Crippen molar-refractivity contribution in [3.05, 3.63) is 16.1 Å². The number of hydrogen-bond donors (Lipinski definition) is 1. The van der Waals surface area contributed by atoms with Gasteiger partial charge in [-0.05, 0) is 6.92 Å². The lowest BCUT2D eigenvalue weighted by atomic mass is 10.5. The van der Waals surface area contributed by atoms with Gasteiger partial charge in [0.25, 0.3) is 5.91 Å². The van der Waals surface area contributed by atoms with Crippen molar-refractivity contribution in [2.24, 2.45) is 0 Å². The van der Waals surface area contributed by atoms with Crippen LogP contribution in [0.5, 0.6) is 0 Å². The van der Waals surface area contributed by atoms with Crippen LogP contribution in [0.3, 0.4) is 0 Å². The summed E-state index contributed by atoms with van der Waals surface area (Å²) in [7, 11) is -2.23. The zero-order valence-corrected chi connectivity index (χ0v) is 10.5. The summed E-state index contributed by atoms with van der Waals surface area (Å²) in [6, 6.07) is 0. The maximum absolute atomic E-state index is 11.5. The summed E-state index contributed by atoms with van der Waals surface area (Å²) in [6.07, 6.45) is 1.35. The Kier molecular flexibility index (Phi) is 4.39. The van der Waals surface area contributed by atoms with Crippen LogP contribution in [0.1, 0.15) is 14.7 Å². The van der Waals surface area contributed by atoms with Gasteiger partial charge in [0.05, 0.1) is 23.6 Å². The molecule has 6 nitrogen and oxygen atoms in total. The van der Waals surface area contributed by atoms with Gasteiger partial charge in [0, 0.05) is 7.11 Å². The molecular formula is C8H12N2O4S2.